The van der Waals surface area contributed by atoms with Crippen molar-refractivity contribution in [2.75, 3.05) is 0 Å². The molecule has 0 aliphatic rings. The molecule has 0 saturated heterocycles. The van der Waals surface area contributed by atoms with E-state index in [1.54, 1.807) is 11.6 Å². The molecular formula is C9H5N3OS. The molecule has 0 amide bonds. The number of fused-ring (bicyclic) bond motifs is 3. The number of hydrogen-bond donors (Lipinski definition) is 1. The molecule has 0 aliphatic carbocycles. The van der Waals surface area contributed by atoms with Crippen LogP contribution < -0.4 is 5.56 Å². The Balaban J connectivity index is 2.71. The van der Waals surface area contributed by atoms with E-state index in [1.165, 1.54) is 17.7 Å². The lowest BCUT2D eigenvalue weighted by atomic mass is 10.2. The van der Waals surface area contributed by atoms with Gasteiger partial charge >= 0.3 is 0 Å². The van der Waals surface area contributed by atoms with Crippen LogP contribution in [0.25, 0.3) is 21.1 Å². The molecular weight excluding hydrogens is 198 g/mol. The minimum atomic E-state index is -0.106. The normalized spacial score (nSPS) is 11.1. The first-order valence-electron chi connectivity index (χ1n) is 4.06. The molecule has 2 aromatic heterocycles. The van der Waals surface area contributed by atoms with Crippen molar-refractivity contribution >= 4 is 32.5 Å². The van der Waals surface area contributed by atoms with Crippen molar-refractivity contribution in [1.82, 2.24) is 15.0 Å². The predicted octanol–water partition coefficient (Wildman–Crippen LogP) is 1.53. The number of H-pyrrole nitrogens is 1. The van der Waals surface area contributed by atoms with Crippen LogP contribution in [0.4, 0.5) is 0 Å². The van der Waals surface area contributed by atoms with Crippen LogP contribution in [0.1, 0.15) is 0 Å². The Hall–Kier alpha value is -1.75. The van der Waals surface area contributed by atoms with Crippen molar-refractivity contribution in [2.45, 2.75) is 0 Å². The molecule has 0 saturated carbocycles. The van der Waals surface area contributed by atoms with Gasteiger partial charge in [0.25, 0.3) is 5.56 Å². The van der Waals surface area contributed by atoms with Crippen LogP contribution in [0.3, 0.4) is 0 Å². The zero-order valence-corrected chi connectivity index (χ0v) is 7.84. The largest absolute Gasteiger partial charge is 0.313 e. The topological polar surface area (TPSA) is 58.6 Å². The fourth-order valence-corrected chi connectivity index (χ4v) is 2.25. The Morgan fingerprint density at radius 2 is 2.21 bits per heavy atom. The highest BCUT2D eigenvalue weighted by Gasteiger charge is 2.05. The molecule has 4 nitrogen and oxygen atoms in total. The second kappa shape index (κ2) is 2.62. The molecule has 68 valence electrons. The van der Waals surface area contributed by atoms with Crippen LogP contribution >= 0.6 is 11.3 Å². The Bertz CT molecular complexity index is 670. The number of thiazole rings is 1. The second-order valence-corrected chi connectivity index (χ2v) is 3.75. The molecule has 0 radical (unpaired) electrons. The van der Waals surface area contributed by atoms with E-state index < -0.39 is 0 Å². The van der Waals surface area contributed by atoms with Crippen molar-refractivity contribution in [3.05, 3.63) is 34.3 Å². The SMILES string of the molecule is O=c1[nH]cnc2c1ccc1ncsc12. The summed E-state index contributed by atoms with van der Waals surface area (Å²) in [4.78, 5) is 22.3. The molecule has 3 rings (SSSR count). The Kier molecular flexibility index (Phi) is 1.43. The van der Waals surface area contributed by atoms with E-state index in [1.807, 2.05) is 6.07 Å². The average Bonchev–Trinajstić information content (AvgIpc) is 2.66. The van der Waals surface area contributed by atoms with Crippen LogP contribution in [0, 0.1) is 0 Å². The first-order valence-corrected chi connectivity index (χ1v) is 4.94. The highest BCUT2D eigenvalue weighted by Crippen LogP contribution is 2.23. The fourth-order valence-electron chi connectivity index (χ4n) is 1.46. The maximum atomic E-state index is 11.4. The van der Waals surface area contributed by atoms with Gasteiger partial charge in [0.15, 0.2) is 0 Å². The number of nitrogens with one attached hydrogen (secondary N) is 1. The number of benzene rings is 1. The lowest BCUT2D eigenvalue weighted by molar-refractivity contribution is 1.18. The summed E-state index contributed by atoms with van der Waals surface area (Å²) in [6, 6.07) is 3.59. The molecule has 0 bridgehead atoms. The molecule has 0 unspecified atom stereocenters. The summed E-state index contributed by atoms with van der Waals surface area (Å²) in [5.41, 5.74) is 3.27. The Morgan fingerprint density at radius 1 is 1.29 bits per heavy atom. The first-order chi connectivity index (χ1) is 6.86. The number of nitrogens with zero attached hydrogens (tertiary/aromatic N) is 2. The molecule has 1 N–H and O–H groups in total. The first kappa shape index (κ1) is 7.64. The van der Waals surface area contributed by atoms with Gasteiger partial charge in [-0.3, -0.25) is 4.79 Å². The van der Waals surface area contributed by atoms with E-state index in [4.69, 9.17) is 0 Å². The van der Waals surface area contributed by atoms with Gasteiger partial charge < -0.3 is 4.98 Å². The van der Waals surface area contributed by atoms with Crippen molar-refractivity contribution in [2.24, 2.45) is 0 Å². The fraction of sp³-hybridized carbons (Fsp3) is 0. The zero-order valence-electron chi connectivity index (χ0n) is 7.02. The van der Waals surface area contributed by atoms with Crippen molar-refractivity contribution < 1.29 is 0 Å². The van der Waals surface area contributed by atoms with Crippen LogP contribution in [-0.2, 0) is 0 Å². The predicted molar refractivity (Wildman–Crippen MR) is 55.5 cm³/mol. The molecule has 3 aromatic rings. The minimum absolute atomic E-state index is 0.106. The number of rotatable bonds is 0. The van der Waals surface area contributed by atoms with E-state index in [0.717, 1.165) is 15.7 Å². The number of hydrogen-bond acceptors (Lipinski definition) is 4. The summed E-state index contributed by atoms with van der Waals surface area (Å²) in [6.45, 7) is 0. The van der Waals surface area contributed by atoms with Gasteiger partial charge in [0.1, 0.15) is 0 Å². The van der Waals surface area contributed by atoms with Crippen molar-refractivity contribution in [1.29, 1.82) is 0 Å². The van der Waals surface area contributed by atoms with Gasteiger partial charge in [-0.2, -0.15) is 0 Å². The third-order valence-electron chi connectivity index (χ3n) is 2.11. The Morgan fingerprint density at radius 3 is 3.14 bits per heavy atom. The van der Waals surface area contributed by atoms with Crippen LogP contribution in [0.5, 0.6) is 0 Å². The lowest BCUT2D eigenvalue weighted by Gasteiger charge is -1.94. The molecule has 5 heteroatoms. The van der Waals surface area contributed by atoms with E-state index in [9.17, 15) is 4.79 Å². The van der Waals surface area contributed by atoms with Crippen LogP contribution in [0.15, 0.2) is 28.8 Å². The highest BCUT2D eigenvalue weighted by molar-refractivity contribution is 7.17. The summed E-state index contributed by atoms with van der Waals surface area (Å²) >= 11 is 1.50. The van der Waals surface area contributed by atoms with Crippen LogP contribution in [-0.4, -0.2) is 15.0 Å². The molecule has 0 atom stereocenters. The monoisotopic (exact) mass is 203 g/mol. The van der Waals surface area contributed by atoms with E-state index in [0.29, 0.717) is 5.39 Å². The van der Waals surface area contributed by atoms with Crippen molar-refractivity contribution in [3.8, 4) is 0 Å². The number of aromatic nitrogens is 3. The van der Waals surface area contributed by atoms with Gasteiger partial charge in [-0.1, -0.05) is 0 Å². The van der Waals surface area contributed by atoms with E-state index >= 15 is 0 Å². The van der Waals surface area contributed by atoms with Gasteiger partial charge in [-0.15, -0.1) is 11.3 Å². The number of aromatic amines is 1. The van der Waals surface area contributed by atoms with E-state index in [-0.39, 0.29) is 5.56 Å². The summed E-state index contributed by atoms with van der Waals surface area (Å²) in [5.74, 6) is 0. The second-order valence-electron chi connectivity index (χ2n) is 2.89. The van der Waals surface area contributed by atoms with Gasteiger partial charge in [-0.05, 0) is 12.1 Å². The molecule has 2 heterocycles. The minimum Gasteiger partial charge on any atom is -0.313 e. The maximum Gasteiger partial charge on any atom is 0.258 e. The quantitative estimate of drug-likeness (QED) is 0.602. The summed E-state index contributed by atoms with van der Waals surface area (Å²) in [6.07, 6.45) is 1.42. The molecule has 0 fully saturated rings. The smallest absolute Gasteiger partial charge is 0.258 e. The third kappa shape index (κ3) is 0.898. The highest BCUT2D eigenvalue weighted by atomic mass is 32.1. The third-order valence-corrected chi connectivity index (χ3v) is 2.96. The van der Waals surface area contributed by atoms with Crippen LogP contribution in [0.2, 0.25) is 0 Å². The lowest BCUT2D eigenvalue weighted by Crippen LogP contribution is -2.05. The summed E-state index contributed by atoms with van der Waals surface area (Å²) < 4.78 is 0.966. The summed E-state index contributed by atoms with van der Waals surface area (Å²) in [7, 11) is 0. The molecule has 14 heavy (non-hydrogen) atoms. The Labute approximate surface area is 82.3 Å². The van der Waals surface area contributed by atoms with Gasteiger partial charge in [0, 0.05) is 0 Å². The maximum absolute atomic E-state index is 11.4. The molecule has 1 aromatic carbocycles. The standard InChI is InChI=1S/C9H5N3OS/c13-9-5-1-2-6-8(14-4-12-6)7(5)10-3-11-9/h1-4H,(H,10,11,13). The van der Waals surface area contributed by atoms with E-state index in [2.05, 4.69) is 15.0 Å². The molecule has 0 spiro atoms. The summed E-state index contributed by atoms with van der Waals surface area (Å²) in [5, 5.41) is 0.615. The van der Waals surface area contributed by atoms with Gasteiger partial charge in [0.2, 0.25) is 0 Å². The van der Waals surface area contributed by atoms with Gasteiger partial charge in [-0.25, -0.2) is 9.97 Å². The van der Waals surface area contributed by atoms with Crippen molar-refractivity contribution in [3.63, 3.8) is 0 Å². The average molecular weight is 203 g/mol. The van der Waals surface area contributed by atoms with Gasteiger partial charge in [0.05, 0.1) is 33.0 Å². The zero-order chi connectivity index (χ0) is 9.54. The molecule has 0 aliphatic heterocycles.